The Bertz CT molecular complexity index is 545. The van der Waals surface area contributed by atoms with Crippen molar-refractivity contribution in [1.82, 2.24) is 4.98 Å². The standard InChI is InChI=1S/C10H9N3O2/c11-9(12)6-2-1-5-3-8(10(14)15)13-7(5)4-6/h1-4,13H,(H3,11,12)(H,14,15). The van der Waals surface area contributed by atoms with Gasteiger partial charge < -0.3 is 15.8 Å². The van der Waals surface area contributed by atoms with E-state index in [4.69, 9.17) is 16.2 Å². The highest BCUT2D eigenvalue weighted by atomic mass is 16.4. The number of H-pyrrole nitrogens is 1. The first kappa shape index (κ1) is 9.26. The Morgan fingerprint density at radius 3 is 2.73 bits per heavy atom. The summed E-state index contributed by atoms with van der Waals surface area (Å²) in [6.45, 7) is 0. The minimum Gasteiger partial charge on any atom is -0.477 e. The van der Waals surface area contributed by atoms with Gasteiger partial charge in [-0.1, -0.05) is 12.1 Å². The number of nitrogen functional groups attached to an aromatic ring is 1. The first-order valence-electron chi connectivity index (χ1n) is 4.28. The largest absolute Gasteiger partial charge is 0.477 e. The Morgan fingerprint density at radius 2 is 2.13 bits per heavy atom. The zero-order valence-electron chi connectivity index (χ0n) is 7.74. The van der Waals surface area contributed by atoms with E-state index >= 15 is 0 Å². The molecule has 0 radical (unpaired) electrons. The molecular formula is C10H9N3O2. The minimum absolute atomic E-state index is 0.0385. The van der Waals surface area contributed by atoms with Crippen LogP contribution in [-0.4, -0.2) is 21.9 Å². The third-order valence-corrected chi connectivity index (χ3v) is 2.16. The number of benzene rings is 1. The maximum atomic E-state index is 10.7. The van der Waals surface area contributed by atoms with Crippen molar-refractivity contribution < 1.29 is 9.90 Å². The van der Waals surface area contributed by atoms with E-state index in [9.17, 15) is 4.79 Å². The number of nitrogens with one attached hydrogen (secondary N) is 2. The number of hydrogen-bond acceptors (Lipinski definition) is 2. The number of aromatic nitrogens is 1. The second-order valence-corrected chi connectivity index (χ2v) is 3.20. The fourth-order valence-electron chi connectivity index (χ4n) is 1.41. The van der Waals surface area contributed by atoms with E-state index in [0.29, 0.717) is 11.1 Å². The quantitative estimate of drug-likeness (QED) is 0.434. The monoisotopic (exact) mass is 203 g/mol. The summed E-state index contributed by atoms with van der Waals surface area (Å²) in [6, 6.07) is 6.62. The second-order valence-electron chi connectivity index (χ2n) is 3.20. The number of carboxylic acids is 1. The van der Waals surface area contributed by atoms with Gasteiger partial charge in [-0.2, -0.15) is 0 Å². The molecule has 1 aromatic carbocycles. The molecule has 76 valence electrons. The van der Waals surface area contributed by atoms with E-state index in [2.05, 4.69) is 4.98 Å². The molecule has 0 aliphatic heterocycles. The molecule has 0 spiro atoms. The summed E-state index contributed by atoms with van der Waals surface area (Å²) in [5.41, 5.74) is 6.69. The molecule has 0 atom stereocenters. The third kappa shape index (κ3) is 1.54. The third-order valence-electron chi connectivity index (χ3n) is 2.16. The zero-order chi connectivity index (χ0) is 11.0. The van der Waals surface area contributed by atoms with Crippen LogP contribution in [0.3, 0.4) is 0 Å². The average molecular weight is 203 g/mol. The van der Waals surface area contributed by atoms with Gasteiger partial charge in [0.15, 0.2) is 0 Å². The number of aromatic amines is 1. The Hall–Kier alpha value is -2.30. The van der Waals surface area contributed by atoms with Gasteiger partial charge in [-0.05, 0) is 12.1 Å². The summed E-state index contributed by atoms with van der Waals surface area (Å²) >= 11 is 0. The lowest BCUT2D eigenvalue weighted by molar-refractivity contribution is 0.0691. The van der Waals surface area contributed by atoms with Crippen LogP contribution in [0.1, 0.15) is 16.1 Å². The van der Waals surface area contributed by atoms with Gasteiger partial charge in [0.05, 0.1) is 0 Å². The summed E-state index contributed by atoms with van der Waals surface area (Å²) in [5, 5.41) is 16.8. The predicted molar refractivity (Wildman–Crippen MR) is 56.3 cm³/mol. The number of carboxylic acid groups (broad SMARTS) is 1. The first-order valence-corrected chi connectivity index (χ1v) is 4.28. The molecule has 5 heteroatoms. The summed E-state index contributed by atoms with van der Waals surface area (Å²) in [5.74, 6) is -1.04. The van der Waals surface area contributed by atoms with Gasteiger partial charge in [0.2, 0.25) is 0 Å². The molecule has 0 aliphatic rings. The number of fused-ring (bicyclic) bond motifs is 1. The SMILES string of the molecule is N=C(N)c1ccc2cc(C(=O)O)[nH]c2c1. The van der Waals surface area contributed by atoms with E-state index in [1.807, 2.05) is 0 Å². The molecule has 0 saturated carbocycles. The molecule has 5 N–H and O–H groups in total. The lowest BCUT2D eigenvalue weighted by atomic mass is 10.1. The van der Waals surface area contributed by atoms with Crippen LogP contribution in [0.4, 0.5) is 0 Å². The summed E-state index contributed by atoms with van der Waals surface area (Å²) in [7, 11) is 0. The number of nitrogens with two attached hydrogens (primary N) is 1. The van der Waals surface area contributed by atoms with Gasteiger partial charge in [0.25, 0.3) is 0 Å². The molecule has 1 aromatic heterocycles. The highest BCUT2D eigenvalue weighted by Gasteiger charge is 2.07. The molecule has 2 aromatic rings. The molecular weight excluding hydrogens is 194 g/mol. The maximum Gasteiger partial charge on any atom is 0.352 e. The molecule has 1 heterocycles. The van der Waals surface area contributed by atoms with Crippen LogP contribution in [0.25, 0.3) is 10.9 Å². The van der Waals surface area contributed by atoms with Crippen LogP contribution in [0.15, 0.2) is 24.3 Å². The average Bonchev–Trinajstić information content (AvgIpc) is 2.59. The molecule has 15 heavy (non-hydrogen) atoms. The first-order chi connectivity index (χ1) is 7.08. The molecule has 0 aliphatic carbocycles. The van der Waals surface area contributed by atoms with Crippen molar-refractivity contribution in [3.8, 4) is 0 Å². The fourth-order valence-corrected chi connectivity index (χ4v) is 1.41. The maximum absolute atomic E-state index is 10.7. The Morgan fingerprint density at radius 1 is 1.40 bits per heavy atom. The smallest absolute Gasteiger partial charge is 0.352 e. The Balaban J connectivity index is 2.62. The summed E-state index contributed by atoms with van der Waals surface area (Å²) < 4.78 is 0. The van der Waals surface area contributed by atoms with E-state index in [-0.39, 0.29) is 11.5 Å². The highest BCUT2D eigenvalue weighted by Crippen LogP contribution is 2.16. The van der Waals surface area contributed by atoms with E-state index < -0.39 is 5.97 Å². The van der Waals surface area contributed by atoms with Gasteiger partial charge in [-0.3, -0.25) is 5.41 Å². The Labute approximate surface area is 85.0 Å². The van der Waals surface area contributed by atoms with Gasteiger partial charge in [0, 0.05) is 16.5 Å². The van der Waals surface area contributed by atoms with Crippen molar-refractivity contribution in [3.63, 3.8) is 0 Å². The minimum atomic E-state index is -1.00. The van der Waals surface area contributed by atoms with E-state index in [1.54, 1.807) is 24.3 Å². The topological polar surface area (TPSA) is 103 Å². The molecule has 0 bridgehead atoms. The molecule has 0 amide bonds. The van der Waals surface area contributed by atoms with Gasteiger partial charge in [0.1, 0.15) is 11.5 Å². The fraction of sp³-hybridized carbons (Fsp3) is 0. The van der Waals surface area contributed by atoms with Crippen LogP contribution >= 0.6 is 0 Å². The van der Waals surface area contributed by atoms with Gasteiger partial charge in [-0.25, -0.2) is 4.79 Å². The van der Waals surface area contributed by atoms with Crippen molar-refractivity contribution in [2.75, 3.05) is 0 Å². The number of rotatable bonds is 2. The second kappa shape index (κ2) is 3.13. The number of amidine groups is 1. The van der Waals surface area contributed by atoms with Crippen molar-refractivity contribution in [2.45, 2.75) is 0 Å². The molecule has 0 fully saturated rings. The Kier molecular flexibility index (Phi) is 1.93. The van der Waals surface area contributed by atoms with Crippen LogP contribution in [0, 0.1) is 5.41 Å². The van der Waals surface area contributed by atoms with Crippen molar-refractivity contribution >= 4 is 22.7 Å². The predicted octanol–water partition coefficient (Wildman–Crippen LogP) is 1.15. The van der Waals surface area contributed by atoms with Crippen LogP contribution in [-0.2, 0) is 0 Å². The normalized spacial score (nSPS) is 10.4. The summed E-state index contributed by atoms with van der Waals surface area (Å²) in [4.78, 5) is 13.4. The lowest BCUT2D eigenvalue weighted by Crippen LogP contribution is -2.10. The van der Waals surface area contributed by atoms with Crippen LogP contribution < -0.4 is 5.73 Å². The van der Waals surface area contributed by atoms with Gasteiger partial charge in [-0.15, -0.1) is 0 Å². The number of hydrogen-bond donors (Lipinski definition) is 4. The molecule has 2 rings (SSSR count). The van der Waals surface area contributed by atoms with Crippen LogP contribution in [0.2, 0.25) is 0 Å². The molecule has 0 unspecified atom stereocenters. The molecule has 5 nitrogen and oxygen atoms in total. The van der Waals surface area contributed by atoms with Crippen molar-refractivity contribution in [2.24, 2.45) is 5.73 Å². The van der Waals surface area contributed by atoms with Crippen LogP contribution in [0.5, 0.6) is 0 Å². The number of aromatic carboxylic acids is 1. The van der Waals surface area contributed by atoms with E-state index in [1.165, 1.54) is 0 Å². The lowest BCUT2D eigenvalue weighted by Gasteiger charge is -1.96. The van der Waals surface area contributed by atoms with E-state index in [0.717, 1.165) is 5.39 Å². The summed E-state index contributed by atoms with van der Waals surface area (Å²) in [6.07, 6.45) is 0. The van der Waals surface area contributed by atoms with Crippen molar-refractivity contribution in [1.29, 1.82) is 5.41 Å². The number of carbonyl (C=O) groups is 1. The zero-order valence-corrected chi connectivity index (χ0v) is 7.74. The highest BCUT2D eigenvalue weighted by molar-refractivity contribution is 6.00. The van der Waals surface area contributed by atoms with Crippen molar-refractivity contribution in [3.05, 3.63) is 35.5 Å². The van der Waals surface area contributed by atoms with Gasteiger partial charge >= 0.3 is 5.97 Å². The molecule has 0 saturated heterocycles.